The minimum atomic E-state index is -4.79. The van der Waals surface area contributed by atoms with Gasteiger partial charge in [0.2, 0.25) is 5.95 Å². The molecule has 222 valence electrons. The Kier molecular flexibility index (Phi) is 8.35. The molecule has 4 aliphatic rings. The van der Waals surface area contributed by atoms with Gasteiger partial charge in [0, 0.05) is 24.2 Å². The molecule has 0 radical (unpaired) electrons. The van der Waals surface area contributed by atoms with Crippen molar-refractivity contribution >= 4 is 11.8 Å². The molecule has 4 fully saturated rings. The Morgan fingerprint density at radius 1 is 1.05 bits per heavy atom. The van der Waals surface area contributed by atoms with Gasteiger partial charge in [0.25, 0.3) is 0 Å². The van der Waals surface area contributed by atoms with Crippen LogP contribution in [0.3, 0.4) is 0 Å². The van der Waals surface area contributed by atoms with Gasteiger partial charge >= 0.3 is 6.36 Å². The van der Waals surface area contributed by atoms with Gasteiger partial charge in [-0.05, 0) is 95.1 Å². The number of nitrogens with zero attached hydrogens (tertiary/aromatic N) is 3. The molecule has 6 rings (SSSR count). The van der Waals surface area contributed by atoms with Gasteiger partial charge in [-0.25, -0.2) is 4.98 Å². The Balaban J connectivity index is 1.15. The van der Waals surface area contributed by atoms with Crippen molar-refractivity contribution in [3.05, 3.63) is 41.6 Å². The van der Waals surface area contributed by atoms with E-state index in [2.05, 4.69) is 36.7 Å². The largest absolute Gasteiger partial charge is 0.573 e. The van der Waals surface area contributed by atoms with Gasteiger partial charge in [-0.1, -0.05) is 18.2 Å². The first-order valence-corrected chi connectivity index (χ1v) is 14.5. The molecular weight excluding hydrogens is 533 g/mol. The number of rotatable bonds is 10. The number of aromatic nitrogens is 2. The molecule has 0 atom stereocenters. The summed E-state index contributed by atoms with van der Waals surface area (Å²) in [5, 5.41) is 30.2. The monoisotopic (exact) mass is 572 g/mol. The van der Waals surface area contributed by atoms with Crippen LogP contribution in [0.5, 0.6) is 5.75 Å². The van der Waals surface area contributed by atoms with Crippen LogP contribution in [0.2, 0.25) is 0 Å². The Bertz CT molecular complexity index is 1230. The second-order valence-corrected chi connectivity index (χ2v) is 12.5. The van der Waals surface area contributed by atoms with Crippen LogP contribution in [0.4, 0.5) is 24.9 Å². The predicted octanol–water partition coefficient (Wildman–Crippen LogP) is 5.89. The van der Waals surface area contributed by atoms with Crippen molar-refractivity contribution in [1.82, 2.24) is 15.3 Å². The van der Waals surface area contributed by atoms with Crippen molar-refractivity contribution in [2.24, 2.45) is 11.3 Å². The van der Waals surface area contributed by atoms with Gasteiger partial charge in [0.1, 0.15) is 23.2 Å². The first-order chi connectivity index (χ1) is 19.5. The average molecular weight is 573 g/mol. The van der Waals surface area contributed by atoms with E-state index in [1.807, 2.05) is 6.92 Å². The molecule has 0 saturated heterocycles. The van der Waals surface area contributed by atoms with E-state index >= 15 is 0 Å². The lowest BCUT2D eigenvalue weighted by Gasteiger charge is -2.54. The number of alkyl halides is 3. The molecule has 2 bridgehead atoms. The number of ether oxygens (including phenoxy) is 1. The van der Waals surface area contributed by atoms with E-state index in [1.54, 1.807) is 6.07 Å². The zero-order valence-corrected chi connectivity index (χ0v) is 23.5. The smallest absolute Gasteiger partial charge is 0.405 e. The SMILES string of the molecule is CC1(O)CCC(CNC23CCC(CNc4nc(NCc5ccccc5OC(F)(F)F)ncc4C#N)(CC2)CC3)CC1. The van der Waals surface area contributed by atoms with Crippen LogP contribution in [0.1, 0.15) is 82.3 Å². The maximum Gasteiger partial charge on any atom is 0.573 e. The number of nitriles is 1. The molecule has 0 aliphatic heterocycles. The molecule has 4 aliphatic carbocycles. The number of nitrogens with one attached hydrogen (secondary N) is 3. The number of aliphatic hydroxyl groups is 1. The second-order valence-electron chi connectivity index (χ2n) is 12.5. The number of para-hydroxylation sites is 1. The molecule has 4 saturated carbocycles. The number of hydrogen-bond donors (Lipinski definition) is 4. The molecular formula is C30H39F3N6O2. The standard InChI is InChI=1S/C30H39F3N6O2/c1-27(40)8-6-21(7-9-27)17-38-29-13-10-28(11-14-29,12-15-29)20-37-25-23(16-34)19-36-26(39-25)35-18-22-4-2-3-5-24(22)41-30(31,32)33/h2-5,19,21,38,40H,6-15,17-18,20H2,1H3,(H2,35,36,37,39). The van der Waals surface area contributed by atoms with Crippen LogP contribution in [0, 0.1) is 22.7 Å². The van der Waals surface area contributed by atoms with Crippen LogP contribution in [-0.4, -0.2) is 45.7 Å². The normalized spacial score (nSPS) is 29.5. The van der Waals surface area contributed by atoms with Gasteiger partial charge in [-0.2, -0.15) is 10.2 Å². The molecule has 1 aromatic carbocycles. The molecule has 0 amide bonds. The molecule has 11 heteroatoms. The summed E-state index contributed by atoms with van der Waals surface area (Å²) in [6, 6.07) is 8.04. The zero-order chi connectivity index (χ0) is 29.1. The summed E-state index contributed by atoms with van der Waals surface area (Å²) in [7, 11) is 0. The van der Waals surface area contributed by atoms with Gasteiger partial charge in [0.05, 0.1) is 11.8 Å². The first-order valence-electron chi connectivity index (χ1n) is 14.5. The fourth-order valence-electron chi connectivity index (χ4n) is 6.66. The van der Waals surface area contributed by atoms with E-state index < -0.39 is 12.0 Å². The highest BCUT2D eigenvalue weighted by molar-refractivity contribution is 5.53. The topological polar surface area (TPSA) is 115 Å². The third-order valence-corrected chi connectivity index (χ3v) is 9.53. The molecule has 41 heavy (non-hydrogen) atoms. The van der Waals surface area contributed by atoms with E-state index in [0.717, 1.165) is 70.8 Å². The molecule has 4 N–H and O–H groups in total. The van der Waals surface area contributed by atoms with Crippen molar-refractivity contribution in [2.75, 3.05) is 23.7 Å². The van der Waals surface area contributed by atoms with E-state index in [0.29, 0.717) is 29.4 Å². The minimum absolute atomic E-state index is 0.0246. The fourth-order valence-corrected chi connectivity index (χ4v) is 6.66. The molecule has 0 unspecified atom stereocenters. The van der Waals surface area contributed by atoms with Crippen molar-refractivity contribution in [1.29, 1.82) is 5.26 Å². The summed E-state index contributed by atoms with van der Waals surface area (Å²) in [4.78, 5) is 8.66. The lowest BCUT2D eigenvalue weighted by molar-refractivity contribution is -0.274. The van der Waals surface area contributed by atoms with Gasteiger partial charge in [-0.3, -0.25) is 0 Å². The van der Waals surface area contributed by atoms with Crippen LogP contribution < -0.4 is 20.7 Å². The highest BCUT2D eigenvalue weighted by atomic mass is 19.4. The number of halogens is 3. The zero-order valence-electron chi connectivity index (χ0n) is 23.5. The number of benzene rings is 1. The van der Waals surface area contributed by atoms with E-state index in [1.165, 1.54) is 24.4 Å². The molecule has 2 aromatic rings. The third-order valence-electron chi connectivity index (χ3n) is 9.53. The Morgan fingerprint density at radius 2 is 1.73 bits per heavy atom. The average Bonchev–Trinajstić information content (AvgIpc) is 2.95. The van der Waals surface area contributed by atoms with Gasteiger partial charge in [-0.15, -0.1) is 13.2 Å². The van der Waals surface area contributed by atoms with Crippen molar-refractivity contribution < 1.29 is 23.0 Å². The fraction of sp³-hybridized carbons (Fsp3) is 0.633. The number of anilines is 2. The van der Waals surface area contributed by atoms with Gasteiger partial charge in [0.15, 0.2) is 0 Å². The Morgan fingerprint density at radius 3 is 2.39 bits per heavy atom. The first kappa shape index (κ1) is 29.4. The predicted molar refractivity (Wildman–Crippen MR) is 149 cm³/mol. The number of fused-ring (bicyclic) bond motifs is 3. The summed E-state index contributed by atoms with van der Waals surface area (Å²) in [6.45, 7) is 3.70. The number of hydrogen-bond acceptors (Lipinski definition) is 8. The lowest BCUT2D eigenvalue weighted by Crippen LogP contribution is -2.57. The maximum absolute atomic E-state index is 12.8. The van der Waals surface area contributed by atoms with Crippen LogP contribution >= 0.6 is 0 Å². The van der Waals surface area contributed by atoms with E-state index in [4.69, 9.17) is 0 Å². The maximum atomic E-state index is 12.8. The summed E-state index contributed by atoms with van der Waals surface area (Å²) < 4.78 is 42.4. The van der Waals surface area contributed by atoms with Crippen molar-refractivity contribution in [3.63, 3.8) is 0 Å². The van der Waals surface area contributed by atoms with Crippen molar-refractivity contribution in [3.8, 4) is 11.8 Å². The van der Waals surface area contributed by atoms with Gasteiger partial charge < -0.3 is 25.8 Å². The summed E-state index contributed by atoms with van der Waals surface area (Å²) in [5.41, 5.74) is 0.480. The third kappa shape index (κ3) is 7.41. The Hall–Kier alpha value is -3.10. The summed E-state index contributed by atoms with van der Waals surface area (Å²) in [6.07, 6.45) is 7.22. The molecule has 1 aromatic heterocycles. The molecule has 1 heterocycles. The molecule has 8 nitrogen and oxygen atoms in total. The van der Waals surface area contributed by atoms with Crippen LogP contribution in [0.25, 0.3) is 0 Å². The lowest BCUT2D eigenvalue weighted by atomic mass is 9.57. The second kappa shape index (κ2) is 11.6. The van der Waals surface area contributed by atoms with Crippen molar-refractivity contribution in [2.45, 2.75) is 95.2 Å². The summed E-state index contributed by atoms with van der Waals surface area (Å²) >= 11 is 0. The van der Waals surface area contributed by atoms with E-state index in [-0.39, 0.29) is 29.2 Å². The quantitative estimate of drug-likeness (QED) is 0.279. The minimum Gasteiger partial charge on any atom is -0.405 e. The highest BCUT2D eigenvalue weighted by Crippen LogP contribution is 2.52. The van der Waals surface area contributed by atoms with Crippen LogP contribution in [0.15, 0.2) is 30.5 Å². The molecule has 0 spiro atoms. The highest BCUT2D eigenvalue weighted by Gasteiger charge is 2.48. The van der Waals surface area contributed by atoms with Crippen LogP contribution in [-0.2, 0) is 6.54 Å². The van der Waals surface area contributed by atoms with E-state index in [9.17, 15) is 23.5 Å². The summed E-state index contributed by atoms with van der Waals surface area (Å²) in [5.74, 6) is 0.986. The Labute approximate surface area is 239 Å².